The topological polar surface area (TPSA) is 92.9 Å². The Balaban J connectivity index is 2.45. The van der Waals surface area contributed by atoms with Crippen LogP contribution < -0.4 is 4.74 Å². The zero-order valence-electron chi connectivity index (χ0n) is 11.8. The minimum Gasteiger partial charge on any atom is -0.493 e. The number of nitro groups is 1. The van der Waals surface area contributed by atoms with Gasteiger partial charge in [0.1, 0.15) is 5.75 Å². The highest BCUT2D eigenvalue weighted by molar-refractivity contribution is 6.01. The maximum Gasteiger partial charge on any atom is 0.285 e. The molecule has 1 aliphatic rings. The lowest BCUT2D eigenvalue weighted by Crippen LogP contribution is -2.38. The summed E-state index contributed by atoms with van der Waals surface area (Å²) in [4.78, 5) is 24.8. The number of benzene rings is 1. The molecule has 1 amide bonds. The summed E-state index contributed by atoms with van der Waals surface area (Å²) >= 11 is 0. The van der Waals surface area contributed by atoms with E-state index in [-0.39, 0.29) is 29.6 Å². The van der Waals surface area contributed by atoms with Crippen molar-refractivity contribution in [2.75, 3.05) is 19.8 Å². The number of rotatable bonds is 5. The Morgan fingerprint density at radius 3 is 2.95 bits per heavy atom. The maximum atomic E-state index is 12.7. The van der Waals surface area contributed by atoms with E-state index >= 15 is 0 Å². The van der Waals surface area contributed by atoms with Crippen LogP contribution >= 0.6 is 0 Å². The molecule has 7 nitrogen and oxygen atoms in total. The summed E-state index contributed by atoms with van der Waals surface area (Å²) in [6, 6.07) is 4.05. The van der Waals surface area contributed by atoms with E-state index in [2.05, 4.69) is 0 Å². The number of hydrogen-bond acceptors (Lipinski definition) is 5. The number of carbonyl (C=O) groups excluding carboxylic acids is 1. The van der Waals surface area contributed by atoms with Gasteiger partial charge in [-0.3, -0.25) is 14.9 Å². The second kappa shape index (κ2) is 6.53. The zero-order chi connectivity index (χ0) is 15.4. The highest BCUT2D eigenvalue weighted by atomic mass is 16.6. The molecule has 1 atom stereocenters. The zero-order valence-corrected chi connectivity index (χ0v) is 11.8. The van der Waals surface area contributed by atoms with Crippen LogP contribution in [0.1, 0.15) is 30.1 Å². The average molecular weight is 294 g/mol. The summed E-state index contributed by atoms with van der Waals surface area (Å²) in [7, 11) is 0. The minimum absolute atomic E-state index is 0.0373. The molecule has 1 aromatic rings. The fourth-order valence-corrected chi connectivity index (χ4v) is 2.60. The second-order valence-electron chi connectivity index (χ2n) is 4.82. The second-order valence-corrected chi connectivity index (χ2v) is 4.82. The van der Waals surface area contributed by atoms with Crippen LogP contribution in [0.3, 0.4) is 0 Å². The van der Waals surface area contributed by atoms with Gasteiger partial charge in [0.2, 0.25) is 0 Å². The van der Waals surface area contributed by atoms with E-state index in [0.717, 1.165) is 6.42 Å². The van der Waals surface area contributed by atoms with Crippen molar-refractivity contribution in [2.45, 2.75) is 25.8 Å². The van der Waals surface area contributed by atoms with Crippen LogP contribution in [0.4, 0.5) is 5.69 Å². The van der Waals surface area contributed by atoms with Crippen molar-refractivity contribution in [3.05, 3.63) is 33.9 Å². The van der Waals surface area contributed by atoms with Crippen LogP contribution in [0, 0.1) is 10.1 Å². The number of hydrogen-bond donors (Lipinski definition) is 1. The Morgan fingerprint density at radius 2 is 2.33 bits per heavy atom. The number of aliphatic hydroxyl groups is 1. The number of likely N-dealkylation sites (tertiary alicyclic amines) is 1. The lowest BCUT2D eigenvalue weighted by atomic mass is 10.1. The van der Waals surface area contributed by atoms with E-state index in [4.69, 9.17) is 4.74 Å². The van der Waals surface area contributed by atoms with Gasteiger partial charge in [-0.1, -0.05) is 6.07 Å². The molecule has 114 valence electrons. The molecule has 0 aromatic heterocycles. The molecule has 21 heavy (non-hydrogen) atoms. The van der Waals surface area contributed by atoms with Gasteiger partial charge in [-0.15, -0.1) is 0 Å². The van der Waals surface area contributed by atoms with Crippen molar-refractivity contribution in [1.82, 2.24) is 4.90 Å². The predicted octanol–water partition coefficient (Wildman–Crippen LogP) is 1.59. The number of aliphatic hydroxyl groups excluding tert-OH is 1. The van der Waals surface area contributed by atoms with Gasteiger partial charge in [0.05, 0.1) is 24.2 Å². The first-order valence-corrected chi connectivity index (χ1v) is 6.92. The molecule has 0 aliphatic carbocycles. The van der Waals surface area contributed by atoms with Crippen molar-refractivity contribution in [1.29, 1.82) is 0 Å². The van der Waals surface area contributed by atoms with Crippen LogP contribution in [0.15, 0.2) is 18.2 Å². The first-order valence-electron chi connectivity index (χ1n) is 6.92. The lowest BCUT2D eigenvalue weighted by molar-refractivity contribution is -0.385. The van der Waals surface area contributed by atoms with Gasteiger partial charge in [0.25, 0.3) is 11.6 Å². The summed E-state index contributed by atoms with van der Waals surface area (Å²) in [6.07, 6.45) is 1.48. The van der Waals surface area contributed by atoms with Gasteiger partial charge in [-0.25, -0.2) is 0 Å². The third kappa shape index (κ3) is 2.97. The molecule has 1 saturated heterocycles. The number of nitrogens with zero attached hydrogens (tertiary/aromatic N) is 2. The van der Waals surface area contributed by atoms with Gasteiger partial charge in [-0.05, 0) is 25.8 Å². The minimum atomic E-state index is -0.584. The molecule has 1 fully saturated rings. The Labute approximate surface area is 122 Å². The highest BCUT2D eigenvalue weighted by Crippen LogP contribution is 2.32. The van der Waals surface area contributed by atoms with Crippen LogP contribution in [0.2, 0.25) is 0 Å². The van der Waals surface area contributed by atoms with Crippen LogP contribution in [-0.4, -0.2) is 46.6 Å². The highest BCUT2D eigenvalue weighted by Gasteiger charge is 2.34. The first-order chi connectivity index (χ1) is 10.1. The Bertz CT molecular complexity index is 546. The Kier molecular flexibility index (Phi) is 4.74. The molecule has 0 saturated carbocycles. The number of ether oxygens (including phenoxy) is 1. The summed E-state index contributed by atoms with van der Waals surface area (Å²) in [5.74, 6) is -0.248. The molecule has 0 radical (unpaired) electrons. The molecule has 0 bridgehead atoms. The monoisotopic (exact) mass is 294 g/mol. The van der Waals surface area contributed by atoms with Gasteiger partial charge in [0, 0.05) is 12.6 Å². The molecule has 1 N–H and O–H groups in total. The van der Waals surface area contributed by atoms with E-state index in [1.165, 1.54) is 17.0 Å². The van der Waals surface area contributed by atoms with E-state index in [0.29, 0.717) is 19.6 Å². The molecule has 1 aliphatic heterocycles. The van der Waals surface area contributed by atoms with Crippen LogP contribution in [-0.2, 0) is 0 Å². The first kappa shape index (κ1) is 15.2. The van der Waals surface area contributed by atoms with Gasteiger partial charge < -0.3 is 14.7 Å². The van der Waals surface area contributed by atoms with Gasteiger partial charge in [-0.2, -0.15) is 0 Å². The smallest absolute Gasteiger partial charge is 0.285 e. The van der Waals surface area contributed by atoms with Crippen LogP contribution in [0.25, 0.3) is 0 Å². The van der Waals surface area contributed by atoms with Crippen molar-refractivity contribution in [2.24, 2.45) is 0 Å². The molecule has 0 spiro atoms. The van der Waals surface area contributed by atoms with E-state index in [1.807, 2.05) is 0 Å². The number of carbonyl (C=O) groups is 1. The molecular weight excluding hydrogens is 276 g/mol. The Morgan fingerprint density at radius 1 is 1.57 bits per heavy atom. The summed E-state index contributed by atoms with van der Waals surface area (Å²) < 4.78 is 5.36. The van der Waals surface area contributed by atoms with E-state index in [1.54, 1.807) is 13.0 Å². The third-order valence-electron chi connectivity index (χ3n) is 3.56. The van der Waals surface area contributed by atoms with Crippen molar-refractivity contribution in [3.63, 3.8) is 0 Å². The quantitative estimate of drug-likeness (QED) is 0.657. The summed E-state index contributed by atoms with van der Waals surface area (Å²) in [6.45, 7) is 2.41. The summed E-state index contributed by atoms with van der Waals surface area (Å²) in [5, 5.41) is 20.5. The average Bonchev–Trinajstić information content (AvgIpc) is 2.95. The third-order valence-corrected chi connectivity index (χ3v) is 3.56. The normalized spacial score (nSPS) is 17.8. The fourth-order valence-electron chi connectivity index (χ4n) is 2.60. The number of nitro benzene ring substituents is 1. The standard InChI is InChI=1S/C14H18N2O5/c1-2-21-12-7-3-6-11(16(19)20)13(12)14(18)15-8-4-5-10(15)9-17/h3,6-7,10,17H,2,4-5,8-9H2,1H3/t10-/m0/s1. The molecule has 0 unspecified atom stereocenters. The van der Waals surface area contributed by atoms with Gasteiger partial charge >= 0.3 is 0 Å². The molecule has 7 heteroatoms. The molecule has 1 heterocycles. The molecule has 2 rings (SSSR count). The van der Waals surface area contributed by atoms with Crippen LogP contribution in [0.5, 0.6) is 5.75 Å². The fraction of sp³-hybridized carbons (Fsp3) is 0.500. The van der Waals surface area contributed by atoms with Crippen molar-refractivity contribution in [3.8, 4) is 5.75 Å². The van der Waals surface area contributed by atoms with Gasteiger partial charge in [0.15, 0.2) is 5.56 Å². The van der Waals surface area contributed by atoms with Crippen molar-refractivity contribution < 1.29 is 19.6 Å². The predicted molar refractivity (Wildman–Crippen MR) is 75.4 cm³/mol. The maximum absolute atomic E-state index is 12.7. The summed E-state index contributed by atoms with van der Waals surface area (Å²) in [5.41, 5.74) is -0.306. The SMILES string of the molecule is CCOc1cccc([N+](=O)[O-])c1C(=O)N1CCC[C@H]1CO. The van der Waals surface area contributed by atoms with Crippen molar-refractivity contribution >= 4 is 11.6 Å². The number of amides is 1. The Hall–Kier alpha value is -2.15. The largest absolute Gasteiger partial charge is 0.493 e. The lowest BCUT2D eigenvalue weighted by Gasteiger charge is -2.23. The van der Waals surface area contributed by atoms with E-state index in [9.17, 15) is 20.0 Å². The molecule has 1 aromatic carbocycles. The van der Waals surface area contributed by atoms with E-state index < -0.39 is 10.8 Å². The molecular formula is C14H18N2O5.